The van der Waals surface area contributed by atoms with Crippen molar-refractivity contribution in [2.24, 2.45) is 0 Å². The fourth-order valence-corrected chi connectivity index (χ4v) is 2.91. The molecule has 0 atom stereocenters. The van der Waals surface area contributed by atoms with Crippen LogP contribution < -0.4 is 4.90 Å². The molecule has 0 aliphatic carbocycles. The van der Waals surface area contributed by atoms with Crippen LogP contribution in [0.2, 0.25) is 0 Å². The number of anilines is 1. The average Bonchev–Trinajstić information content (AvgIpc) is 2.87. The molecule has 25 heavy (non-hydrogen) atoms. The molecule has 2 aromatic carbocycles. The average molecular weight is 340 g/mol. The van der Waals surface area contributed by atoms with Crippen LogP contribution in [-0.2, 0) is 4.79 Å². The molecule has 1 heterocycles. The molecule has 6 heteroatoms. The highest BCUT2D eigenvalue weighted by Crippen LogP contribution is 2.23. The molecular formula is C19H17FN2O3. The minimum Gasteiger partial charge on any atom is -0.313 e. The number of benzene rings is 2. The van der Waals surface area contributed by atoms with E-state index in [1.165, 1.54) is 29.2 Å². The normalized spacial score (nSPS) is 13.1. The van der Waals surface area contributed by atoms with Crippen LogP contribution in [0.3, 0.4) is 0 Å². The standard InChI is InChI=1S/C19H17FN2O3/c1-2-21(14-9-7-13(20)8-10-14)17(23)11-12-22-18(24)15-5-3-4-6-16(15)19(22)25/h3-10H,2,11-12H2,1H3. The van der Waals surface area contributed by atoms with E-state index in [0.717, 1.165) is 4.90 Å². The van der Waals surface area contributed by atoms with E-state index in [0.29, 0.717) is 23.4 Å². The van der Waals surface area contributed by atoms with Gasteiger partial charge in [-0.2, -0.15) is 0 Å². The van der Waals surface area contributed by atoms with Crippen LogP contribution in [0.15, 0.2) is 48.5 Å². The van der Waals surface area contributed by atoms with Gasteiger partial charge in [-0.05, 0) is 43.3 Å². The predicted octanol–water partition coefficient (Wildman–Crippen LogP) is 2.86. The first kappa shape index (κ1) is 16.8. The van der Waals surface area contributed by atoms with Crippen LogP contribution in [0.5, 0.6) is 0 Å². The van der Waals surface area contributed by atoms with E-state index in [9.17, 15) is 18.8 Å². The Morgan fingerprint density at radius 2 is 1.56 bits per heavy atom. The van der Waals surface area contributed by atoms with Crippen molar-refractivity contribution < 1.29 is 18.8 Å². The molecule has 3 rings (SSSR count). The van der Waals surface area contributed by atoms with Gasteiger partial charge in [-0.3, -0.25) is 19.3 Å². The Labute approximate surface area is 144 Å². The van der Waals surface area contributed by atoms with Crippen molar-refractivity contribution in [2.45, 2.75) is 13.3 Å². The summed E-state index contributed by atoms with van der Waals surface area (Å²) in [5, 5.41) is 0. The molecule has 1 aliphatic heterocycles. The monoisotopic (exact) mass is 340 g/mol. The number of carbonyl (C=O) groups excluding carboxylic acids is 3. The van der Waals surface area contributed by atoms with Crippen LogP contribution in [0, 0.1) is 5.82 Å². The first-order chi connectivity index (χ1) is 12.0. The van der Waals surface area contributed by atoms with Gasteiger partial charge in [0, 0.05) is 25.2 Å². The van der Waals surface area contributed by atoms with Gasteiger partial charge in [-0.1, -0.05) is 12.1 Å². The Bertz CT molecular complexity index is 798. The lowest BCUT2D eigenvalue weighted by Crippen LogP contribution is -2.36. The third kappa shape index (κ3) is 3.15. The molecule has 5 nitrogen and oxygen atoms in total. The summed E-state index contributed by atoms with van der Waals surface area (Å²) in [7, 11) is 0. The lowest BCUT2D eigenvalue weighted by Gasteiger charge is -2.22. The van der Waals surface area contributed by atoms with Crippen molar-refractivity contribution in [3.63, 3.8) is 0 Å². The highest BCUT2D eigenvalue weighted by Gasteiger charge is 2.35. The largest absolute Gasteiger partial charge is 0.313 e. The van der Waals surface area contributed by atoms with Gasteiger partial charge < -0.3 is 4.90 Å². The molecule has 0 N–H and O–H groups in total. The molecule has 0 unspecified atom stereocenters. The maximum absolute atomic E-state index is 13.0. The minimum absolute atomic E-state index is 0.0106. The molecule has 0 bridgehead atoms. The molecule has 2 aromatic rings. The molecule has 0 radical (unpaired) electrons. The van der Waals surface area contributed by atoms with Crippen molar-refractivity contribution in [2.75, 3.05) is 18.0 Å². The highest BCUT2D eigenvalue weighted by atomic mass is 19.1. The zero-order valence-electron chi connectivity index (χ0n) is 13.7. The molecule has 0 spiro atoms. The molecule has 0 saturated carbocycles. The molecule has 0 saturated heterocycles. The predicted molar refractivity (Wildman–Crippen MR) is 90.9 cm³/mol. The molecular weight excluding hydrogens is 323 g/mol. The second-order valence-corrected chi connectivity index (χ2v) is 5.67. The van der Waals surface area contributed by atoms with Crippen molar-refractivity contribution in [3.8, 4) is 0 Å². The second kappa shape index (κ2) is 6.84. The van der Waals surface area contributed by atoms with Crippen LogP contribution in [0.4, 0.5) is 10.1 Å². The number of amides is 3. The molecule has 0 fully saturated rings. The van der Waals surface area contributed by atoms with Gasteiger partial charge >= 0.3 is 0 Å². The van der Waals surface area contributed by atoms with E-state index in [4.69, 9.17) is 0 Å². The van der Waals surface area contributed by atoms with E-state index >= 15 is 0 Å². The number of fused-ring (bicyclic) bond motifs is 1. The van der Waals surface area contributed by atoms with E-state index in [2.05, 4.69) is 0 Å². The van der Waals surface area contributed by atoms with Crippen LogP contribution in [0.1, 0.15) is 34.1 Å². The van der Waals surface area contributed by atoms with Gasteiger partial charge in [-0.25, -0.2) is 4.39 Å². The van der Waals surface area contributed by atoms with Crippen molar-refractivity contribution in [3.05, 3.63) is 65.5 Å². The van der Waals surface area contributed by atoms with Crippen LogP contribution in [0.25, 0.3) is 0 Å². The topological polar surface area (TPSA) is 57.7 Å². The van der Waals surface area contributed by atoms with Crippen LogP contribution in [-0.4, -0.2) is 35.7 Å². The first-order valence-electron chi connectivity index (χ1n) is 8.04. The number of halogens is 1. The maximum atomic E-state index is 13.0. The van der Waals surface area contributed by atoms with Crippen LogP contribution >= 0.6 is 0 Å². The Balaban J connectivity index is 1.69. The fraction of sp³-hybridized carbons (Fsp3) is 0.211. The number of carbonyl (C=O) groups is 3. The van der Waals surface area contributed by atoms with Gasteiger partial charge in [0.05, 0.1) is 11.1 Å². The third-order valence-electron chi connectivity index (χ3n) is 4.18. The summed E-state index contributed by atoms with van der Waals surface area (Å²) in [4.78, 5) is 39.7. The molecule has 0 aromatic heterocycles. The van der Waals surface area contributed by atoms with Gasteiger partial charge in [0.1, 0.15) is 5.82 Å². The third-order valence-corrected chi connectivity index (χ3v) is 4.18. The Kier molecular flexibility index (Phi) is 4.61. The van der Waals surface area contributed by atoms with Gasteiger partial charge in [0.15, 0.2) is 0 Å². The molecule has 3 amide bonds. The van der Waals surface area contributed by atoms with E-state index in [-0.39, 0.29) is 36.5 Å². The second-order valence-electron chi connectivity index (χ2n) is 5.67. The summed E-state index contributed by atoms with van der Waals surface area (Å²) in [5.74, 6) is -1.36. The smallest absolute Gasteiger partial charge is 0.261 e. The molecule has 128 valence electrons. The summed E-state index contributed by atoms with van der Waals surface area (Å²) in [6.45, 7) is 2.23. The van der Waals surface area contributed by atoms with Gasteiger partial charge in [0.25, 0.3) is 11.8 Å². The maximum Gasteiger partial charge on any atom is 0.261 e. The summed E-state index contributed by atoms with van der Waals surface area (Å²) < 4.78 is 13.0. The summed E-state index contributed by atoms with van der Waals surface area (Å²) in [5.41, 5.74) is 1.31. The fourth-order valence-electron chi connectivity index (χ4n) is 2.91. The number of nitrogens with zero attached hydrogens (tertiary/aromatic N) is 2. The van der Waals surface area contributed by atoms with Gasteiger partial charge in [-0.15, -0.1) is 0 Å². The highest BCUT2D eigenvalue weighted by molar-refractivity contribution is 6.21. The van der Waals surface area contributed by atoms with Crippen molar-refractivity contribution in [1.29, 1.82) is 0 Å². The zero-order valence-corrected chi connectivity index (χ0v) is 13.7. The van der Waals surface area contributed by atoms with E-state index in [1.807, 2.05) is 6.92 Å². The Hall–Kier alpha value is -3.02. The number of rotatable bonds is 5. The summed E-state index contributed by atoms with van der Waals surface area (Å²) >= 11 is 0. The molecule has 1 aliphatic rings. The zero-order chi connectivity index (χ0) is 18.0. The summed E-state index contributed by atoms with van der Waals surface area (Å²) in [6.07, 6.45) is 0.0106. The SMILES string of the molecule is CCN(C(=O)CCN1C(=O)c2ccccc2C1=O)c1ccc(F)cc1. The van der Waals surface area contributed by atoms with E-state index < -0.39 is 0 Å². The van der Waals surface area contributed by atoms with E-state index in [1.54, 1.807) is 24.3 Å². The lowest BCUT2D eigenvalue weighted by molar-refractivity contribution is -0.118. The summed E-state index contributed by atoms with van der Waals surface area (Å²) in [6, 6.07) is 12.2. The van der Waals surface area contributed by atoms with Crippen molar-refractivity contribution >= 4 is 23.4 Å². The number of hydrogen-bond donors (Lipinski definition) is 0. The minimum atomic E-state index is -0.377. The first-order valence-corrected chi connectivity index (χ1v) is 8.04. The number of imide groups is 1. The van der Waals surface area contributed by atoms with Gasteiger partial charge in [0.2, 0.25) is 5.91 Å². The van der Waals surface area contributed by atoms with Crippen molar-refractivity contribution in [1.82, 2.24) is 4.90 Å². The quantitative estimate of drug-likeness (QED) is 0.787. The Morgan fingerprint density at radius 3 is 2.08 bits per heavy atom. The lowest BCUT2D eigenvalue weighted by atomic mass is 10.1. The Morgan fingerprint density at radius 1 is 1.00 bits per heavy atom. The number of hydrogen-bond acceptors (Lipinski definition) is 3.